The molecule has 0 bridgehead atoms. The highest BCUT2D eigenvalue weighted by atomic mass is 16.5. The Balaban J connectivity index is 2.12. The van der Waals surface area contributed by atoms with Crippen LogP contribution >= 0.6 is 0 Å². The number of methoxy groups -OCH3 is 4. The molecule has 0 aromatic heterocycles. The summed E-state index contributed by atoms with van der Waals surface area (Å²) in [6.45, 7) is 0. The average molecular weight is 399 g/mol. The minimum absolute atomic E-state index is 0.0607. The topological polar surface area (TPSA) is 103 Å². The van der Waals surface area contributed by atoms with Crippen LogP contribution < -0.4 is 24.3 Å². The van der Waals surface area contributed by atoms with E-state index in [2.05, 4.69) is 5.32 Å². The number of ether oxygens (including phenoxy) is 4. The van der Waals surface area contributed by atoms with Gasteiger partial charge in [-0.15, -0.1) is 0 Å². The van der Waals surface area contributed by atoms with E-state index in [4.69, 9.17) is 18.9 Å². The Morgan fingerprint density at radius 3 is 1.97 bits per heavy atom. The number of carbonyl (C=O) groups excluding carboxylic acids is 2. The number of nitrogens with one attached hydrogen (secondary N) is 1. The smallest absolute Gasteiger partial charge is 0.293 e. The Kier molecular flexibility index (Phi) is 5.63. The third-order valence-electron chi connectivity index (χ3n) is 4.67. The molecular formula is C21H21NO7. The predicted molar refractivity (Wildman–Crippen MR) is 105 cm³/mol. The van der Waals surface area contributed by atoms with Crippen molar-refractivity contribution >= 4 is 17.4 Å². The fourth-order valence-corrected chi connectivity index (χ4v) is 3.19. The van der Waals surface area contributed by atoms with Crippen molar-refractivity contribution in [1.29, 1.82) is 0 Å². The first-order chi connectivity index (χ1) is 13.9. The molecular weight excluding hydrogens is 378 g/mol. The van der Waals surface area contributed by atoms with Crippen molar-refractivity contribution in [2.45, 2.75) is 6.04 Å². The minimum atomic E-state index is -0.845. The van der Waals surface area contributed by atoms with Crippen LogP contribution in [0.15, 0.2) is 42.0 Å². The maximum Gasteiger partial charge on any atom is 0.293 e. The van der Waals surface area contributed by atoms with E-state index < -0.39 is 17.7 Å². The molecule has 8 nitrogen and oxygen atoms in total. The highest BCUT2D eigenvalue weighted by Gasteiger charge is 2.40. The number of benzene rings is 2. The van der Waals surface area contributed by atoms with E-state index in [1.54, 1.807) is 30.3 Å². The number of aliphatic hydroxyl groups excluding tert-OH is 1. The summed E-state index contributed by atoms with van der Waals surface area (Å²) in [7, 11) is 5.95. The van der Waals surface area contributed by atoms with Crippen LogP contribution in [0.5, 0.6) is 23.0 Å². The number of carbonyl (C=O) groups is 2. The van der Waals surface area contributed by atoms with Crippen LogP contribution in [-0.2, 0) is 9.59 Å². The number of amides is 1. The fourth-order valence-electron chi connectivity index (χ4n) is 3.19. The van der Waals surface area contributed by atoms with Crippen LogP contribution in [0.25, 0.3) is 5.76 Å². The molecule has 1 unspecified atom stereocenters. The van der Waals surface area contributed by atoms with E-state index in [-0.39, 0.29) is 11.3 Å². The summed E-state index contributed by atoms with van der Waals surface area (Å²) in [5.74, 6) is -0.148. The first-order valence-electron chi connectivity index (χ1n) is 8.67. The molecule has 1 atom stereocenters. The van der Waals surface area contributed by atoms with Gasteiger partial charge in [0.2, 0.25) is 0 Å². The Labute approximate surface area is 167 Å². The molecule has 1 heterocycles. The number of Topliss-reactive ketones (excluding diaryl/α,β-unsaturated/α-hetero) is 1. The van der Waals surface area contributed by atoms with Crippen molar-refractivity contribution in [3.05, 3.63) is 53.1 Å². The van der Waals surface area contributed by atoms with E-state index >= 15 is 0 Å². The van der Waals surface area contributed by atoms with Crippen LogP contribution in [0.2, 0.25) is 0 Å². The Morgan fingerprint density at radius 1 is 0.828 bits per heavy atom. The zero-order chi connectivity index (χ0) is 21.1. The highest BCUT2D eigenvalue weighted by molar-refractivity contribution is 6.46. The third-order valence-corrected chi connectivity index (χ3v) is 4.67. The molecule has 1 saturated heterocycles. The van der Waals surface area contributed by atoms with Gasteiger partial charge in [0.15, 0.2) is 23.0 Å². The van der Waals surface area contributed by atoms with Crippen LogP contribution in [0.4, 0.5) is 0 Å². The summed E-state index contributed by atoms with van der Waals surface area (Å²) in [4.78, 5) is 24.6. The van der Waals surface area contributed by atoms with E-state index in [1.807, 2.05) is 0 Å². The monoisotopic (exact) mass is 399 g/mol. The molecule has 8 heteroatoms. The quantitative estimate of drug-likeness (QED) is 0.437. The number of rotatable bonds is 6. The molecule has 1 fully saturated rings. The van der Waals surface area contributed by atoms with Gasteiger partial charge in [0, 0.05) is 5.56 Å². The normalized spacial score (nSPS) is 17.6. The van der Waals surface area contributed by atoms with Gasteiger partial charge in [-0.2, -0.15) is 0 Å². The average Bonchev–Trinajstić information content (AvgIpc) is 3.06. The summed E-state index contributed by atoms with van der Waals surface area (Å²) in [5.41, 5.74) is 0.811. The van der Waals surface area contributed by atoms with Crippen molar-refractivity contribution in [1.82, 2.24) is 5.32 Å². The molecule has 1 aliphatic rings. The molecule has 0 radical (unpaired) electrons. The molecule has 152 valence electrons. The Hall–Kier alpha value is -3.68. The van der Waals surface area contributed by atoms with Gasteiger partial charge < -0.3 is 29.4 Å². The second-order valence-electron chi connectivity index (χ2n) is 6.18. The predicted octanol–water partition coefficient (Wildman–Crippen LogP) is 2.43. The van der Waals surface area contributed by atoms with E-state index in [9.17, 15) is 14.7 Å². The molecule has 2 aromatic carbocycles. The van der Waals surface area contributed by atoms with Gasteiger partial charge in [-0.25, -0.2) is 0 Å². The lowest BCUT2D eigenvalue weighted by Gasteiger charge is -2.16. The van der Waals surface area contributed by atoms with Crippen LogP contribution in [-0.4, -0.2) is 45.2 Å². The molecule has 2 aromatic rings. The van der Waals surface area contributed by atoms with E-state index in [0.717, 1.165) is 0 Å². The van der Waals surface area contributed by atoms with Crippen molar-refractivity contribution in [2.75, 3.05) is 28.4 Å². The number of hydrogen-bond donors (Lipinski definition) is 2. The van der Waals surface area contributed by atoms with Gasteiger partial charge in [0.1, 0.15) is 5.76 Å². The molecule has 0 aliphatic carbocycles. The molecule has 1 amide bonds. The fraction of sp³-hybridized carbons (Fsp3) is 0.238. The van der Waals surface area contributed by atoms with Crippen molar-refractivity contribution in [2.24, 2.45) is 0 Å². The zero-order valence-corrected chi connectivity index (χ0v) is 16.4. The Morgan fingerprint density at radius 2 is 1.38 bits per heavy atom. The Bertz CT molecular complexity index is 997. The second kappa shape index (κ2) is 8.14. The van der Waals surface area contributed by atoms with Crippen LogP contribution in [0, 0.1) is 0 Å². The number of aliphatic hydroxyl groups is 1. The molecule has 0 saturated carbocycles. The first kappa shape index (κ1) is 20.1. The molecule has 3 rings (SSSR count). The molecule has 0 spiro atoms. The van der Waals surface area contributed by atoms with Gasteiger partial charge in [0.25, 0.3) is 11.7 Å². The maximum absolute atomic E-state index is 12.5. The number of hydrogen-bond acceptors (Lipinski definition) is 7. The van der Waals surface area contributed by atoms with Gasteiger partial charge in [-0.1, -0.05) is 6.07 Å². The van der Waals surface area contributed by atoms with E-state index in [1.165, 1.54) is 34.5 Å². The van der Waals surface area contributed by atoms with Gasteiger partial charge in [0.05, 0.1) is 40.1 Å². The summed E-state index contributed by atoms with van der Waals surface area (Å²) in [6, 6.07) is 8.85. The highest BCUT2D eigenvalue weighted by Crippen LogP contribution is 2.38. The van der Waals surface area contributed by atoms with Crippen molar-refractivity contribution < 1.29 is 33.6 Å². The summed E-state index contributed by atoms with van der Waals surface area (Å²) < 4.78 is 21.0. The summed E-state index contributed by atoms with van der Waals surface area (Å²) >= 11 is 0. The van der Waals surface area contributed by atoms with Gasteiger partial charge in [-0.05, 0) is 35.9 Å². The lowest BCUT2D eigenvalue weighted by atomic mass is 9.95. The zero-order valence-electron chi connectivity index (χ0n) is 16.4. The van der Waals surface area contributed by atoms with Gasteiger partial charge in [-0.3, -0.25) is 9.59 Å². The minimum Gasteiger partial charge on any atom is -0.507 e. The third kappa shape index (κ3) is 3.56. The summed E-state index contributed by atoms with van der Waals surface area (Å²) in [6.07, 6.45) is 0. The maximum atomic E-state index is 12.5. The van der Waals surface area contributed by atoms with Crippen LogP contribution in [0.1, 0.15) is 17.2 Å². The lowest BCUT2D eigenvalue weighted by Crippen LogP contribution is -2.21. The molecule has 2 N–H and O–H groups in total. The van der Waals surface area contributed by atoms with Gasteiger partial charge >= 0.3 is 0 Å². The molecule has 1 aliphatic heterocycles. The van der Waals surface area contributed by atoms with E-state index in [0.29, 0.717) is 34.1 Å². The SMILES string of the molecule is COc1ccc(C(O)=C2C(=O)C(=O)NC2c2ccc(OC)c(OC)c2)cc1OC. The molecule has 29 heavy (non-hydrogen) atoms. The summed E-state index contributed by atoms with van der Waals surface area (Å²) in [5, 5.41) is 13.5. The van der Waals surface area contributed by atoms with Crippen molar-refractivity contribution in [3.8, 4) is 23.0 Å². The first-order valence-corrected chi connectivity index (χ1v) is 8.67. The van der Waals surface area contributed by atoms with Crippen LogP contribution in [0.3, 0.4) is 0 Å². The second-order valence-corrected chi connectivity index (χ2v) is 6.18. The van der Waals surface area contributed by atoms with Crippen molar-refractivity contribution in [3.63, 3.8) is 0 Å². The lowest BCUT2D eigenvalue weighted by molar-refractivity contribution is -0.133. The largest absolute Gasteiger partial charge is 0.507 e. The standard InChI is InChI=1S/C21H21NO7/c1-26-13-7-5-11(9-15(13)28-3)18-17(20(24)21(25)22-18)19(23)12-6-8-14(27-2)16(10-12)29-4/h5-10,18,23H,1-4H3,(H,22,25). The number of ketones is 1.